The zero-order valence-electron chi connectivity index (χ0n) is 8.51. The van der Waals surface area contributed by atoms with Crippen molar-refractivity contribution in [2.45, 2.75) is 0 Å². The number of carbonyl (C=O) groups is 1. The van der Waals surface area contributed by atoms with Crippen LogP contribution in [-0.2, 0) is 0 Å². The fraction of sp³-hybridized carbons (Fsp3) is 0. The molecule has 0 saturated heterocycles. The van der Waals surface area contributed by atoms with Crippen molar-refractivity contribution in [3.05, 3.63) is 60.7 Å². The molecule has 2 aromatic rings. The van der Waals surface area contributed by atoms with Crippen LogP contribution in [0.3, 0.4) is 0 Å². The van der Waals surface area contributed by atoms with Crippen molar-refractivity contribution in [3.63, 3.8) is 0 Å². The number of hydrogen-bond acceptors (Lipinski definition) is 1. The Balaban J connectivity index is 0.000000280. The van der Waals surface area contributed by atoms with Gasteiger partial charge in [0.2, 0.25) is 0 Å². The van der Waals surface area contributed by atoms with E-state index in [1.54, 1.807) is 0 Å². The van der Waals surface area contributed by atoms with Gasteiger partial charge in [0.1, 0.15) is 0 Å². The molecule has 2 aromatic carbocycles. The van der Waals surface area contributed by atoms with Crippen LogP contribution in [0.5, 0.6) is 0 Å². The normalized spacial score (nSPS) is 8.81. The van der Waals surface area contributed by atoms with Gasteiger partial charge < -0.3 is 5.11 Å². The lowest BCUT2D eigenvalue weighted by atomic mass is 10.1. The molecule has 0 spiro atoms. The molecule has 0 unspecified atom stereocenters. The third-order valence-corrected chi connectivity index (χ3v) is 1.88. The van der Waals surface area contributed by atoms with E-state index < -0.39 is 5.43 Å². The SMILES string of the molecule is O=C(O)Cl.c1ccc(-c2ccccc2)cc1. The summed E-state index contributed by atoms with van der Waals surface area (Å²) in [4.78, 5) is 8.77. The van der Waals surface area contributed by atoms with Gasteiger partial charge in [-0.05, 0) is 11.1 Å². The van der Waals surface area contributed by atoms with Crippen molar-refractivity contribution in [2.24, 2.45) is 0 Å². The maximum absolute atomic E-state index is 8.77. The summed E-state index contributed by atoms with van der Waals surface area (Å²) in [6.07, 6.45) is 0. The van der Waals surface area contributed by atoms with Crippen molar-refractivity contribution in [3.8, 4) is 11.1 Å². The lowest BCUT2D eigenvalue weighted by Crippen LogP contribution is -1.73. The summed E-state index contributed by atoms with van der Waals surface area (Å²) >= 11 is 4.19. The summed E-state index contributed by atoms with van der Waals surface area (Å²) in [6, 6.07) is 20.8. The van der Waals surface area contributed by atoms with Crippen LogP contribution in [-0.4, -0.2) is 10.5 Å². The lowest BCUT2D eigenvalue weighted by Gasteiger charge is -1.98. The average molecular weight is 235 g/mol. The van der Waals surface area contributed by atoms with Crippen LogP contribution in [0.4, 0.5) is 4.79 Å². The Hall–Kier alpha value is -1.80. The third kappa shape index (κ3) is 4.62. The van der Waals surface area contributed by atoms with Crippen LogP contribution in [0.2, 0.25) is 0 Å². The molecule has 0 heterocycles. The molecule has 0 saturated carbocycles. The molecule has 0 aliphatic rings. The van der Waals surface area contributed by atoms with Crippen LogP contribution in [0, 0.1) is 0 Å². The quantitative estimate of drug-likeness (QED) is 0.749. The van der Waals surface area contributed by atoms with Gasteiger partial charge in [-0.2, -0.15) is 0 Å². The van der Waals surface area contributed by atoms with E-state index in [0.717, 1.165) is 0 Å². The molecule has 0 radical (unpaired) electrons. The van der Waals surface area contributed by atoms with E-state index >= 15 is 0 Å². The molecule has 0 aliphatic heterocycles. The van der Waals surface area contributed by atoms with Gasteiger partial charge in [-0.1, -0.05) is 60.7 Å². The molecule has 16 heavy (non-hydrogen) atoms. The van der Waals surface area contributed by atoms with E-state index in [9.17, 15) is 0 Å². The van der Waals surface area contributed by atoms with Gasteiger partial charge in [0, 0.05) is 11.6 Å². The van der Waals surface area contributed by atoms with Crippen LogP contribution in [0.1, 0.15) is 0 Å². The second kappa shape index (κ2) is 6.64. The number of benzene rings is 2. The van der Waals surface area contributed by atoms with Crippen molar-refractivity contribution < 1.29 is 9.90 Å². The molecule has 1 N–H and O–H groups in total. The zero-order valence-corrected chi connectivity index (χ0v) is 9.26. The summed E-state index contributed by atoms with van der Waals surface area (Å²) in [5.74, 6) is 0. The standard InChI is InChI=1S/C12H10.CHClO2/c1-3-7-11(8-4-1)12-9-5-2-6-10-12;2-1(3)4/h1-10H;(H,3,4). The molecule has 0 bridgehead atoms. The zero-order chi connectivity index (χ0) is 11.8. The molecule has 3 heteroatoms. The van der Waals surface area contributed by atoms with Crippen LogP contribution < -0.4 is 0 Å². The number of hydrogen-bond donors (Lipinski definition) is 1. The number of halogens is 1. The predicted molar refractivity (Wildman–Crippen MR) is 65.8 cm³/mol. The summed E-state index contributed by atoms with van der Waals surface area (Å²) in [7, 11) is 0. The molecular formula is C13H11ClO2. The van der Waals surface area contributed by atoms with E-state index in [-0.39, 0.29) is 0 Å². The monoisotopic (exact) mass is 234 g/mol. The molecule has 0 amide bonds. The van der Waals surface area contributed by atoms with Gasteiger partial charge in [-0.3, -0.25) is 0 Å². The van der Waals surface area contributed by atoms with Crippen molar-refractivity contribution >= 4 is 17.0 Å². The van der Waals surface area contributed by atoms with E-state index in [0.29, 0.717) is 0 Å². The first kappa shape index (κ1) is 12.3. The van der Waals surface area contributed by atoms with Crippen molar-refractivity contribution in [1.29, 1.82) is 0 Å². The summed E-state index contributed by atoms with van der Waals surface area (Å²) in [5, 5.41) is 7.18. The largest absolute Gasteiger partial charge is 0.469 e. The Labute approximate surface area is 99.1 Å². The average Bonchev–Trinajstić information content (AvgIpc) is 2.31. The Morgan fingerprint density at radius 3 is 1.31 bits per heavy atom. The highest BCUT2D eigenvalue weighted by molar-refractivity contribution is 6.60. The summed E-state index contributed by atoms with van der Waals surface area (Å²) in [5.41, 5.74) is 1.19. The molecular weight excluding hydrogens is 224 g/mol. The fourth-order valence-corrected chi connectivity index (χ4v) is 1.26. The highest BCUT2D eigenvalue weighted by Gasteiger charge is 1.91. The second-order valence-corrected chi connectivity index (χ2v) is 3.31. The van der Waals surface area contributed by atoms with Crippen molar-refractivity contribution in [2.75, 3.05) is 0 Å². The number of rotatable bonds is 1. The van der Waals surface area contributed by atoms with Gasteiger partial charge in [0.25, 0.3) is 0 Å². The third-order valence-electron chi connectivity index (χ3n) is 1.88. The van der Waals surface area contributed by atoms with E-state index in [1.165, 1.54) is 11.1 Å². The maximum atomic E-state index is 8.77. The Morgan fingerprint density at radius 1 is 0.812 bits per heavy atom. The first-order valence-electron chi connectivity index (χ1n) is 4.69. The van der Waals surface area contributed by atoms with Gasteiger partial charge in [-0.15, -0.1) is 0 Å². The second-order valence-electron chi connectivity index (χ2n) is 2.99. The van der Waals surface area contributed by atoms with E-state index in [1.807, 2.05) is 12.1 Å². The first-order valence-corrected chi connectivity index (χ1v) is 5.07. The van der Waals surface area contributed by atoms with Crippen LogP contribution in [0.15, 0.2) is 60.7 Å². The molecule has 2 nitrogen and oxygen atoms in total. The summed E-state index contributed by atoms with van der Waals surface area (Å²) < 4.78 is 0. The van der Waals surface area contributed by atoms with Gasteiger partial charge in [-0.25, -0.2) is 4.79 Å². The minimum Gasteiger partial charge on any atom is -0.469 e. The smallest absolute Gasteiger partial charge is 0.401 e. The van der Waals surface area contributed by atoms with E-state index in [4.69, 9.17) is 9.90 Å². The van der Waals surface area contributed by atoms with Crippen LogP contribution >= 0.6 is 11.6 Å². The van der Waals surface area contributed by atoms with Gasteiger partial charge >= 0.3 is 5.43 Å². The number of carboxylic acid groups (broad SMARTS) is 1. The fourth-order valence-electron chi connectivity index (χ4n) is 1.26. The molecule has 0 aromatic heterocycles. The Kier molecular flexibility index (Phi) is 5.09. The first-order chi connectivity index (χ1) is 7.70. The maximum Gasteiger partial charge on any atom is 0.401 e. The topological polar surface area (TPSA) is 37.3 Å². The molecule has 0 aliphatic carbocycles. The van der Waals surface area contributed by atoms with Gasteiger partial charge in [0.05, 0.1) is 0 Å². The Morgan fingerprint density at radius 2 is 1.06 bits per heavy atom. The highest BCUT2D eigenvalue weighted by atomic mass is 35.5. The molecule has 0 atom stereocenters. The van der Waals surface area contributed by atoms with Gasteiger partial charge in [0.15, 0.2) is 0 Å². The lowest BCUT2D eigenvalue weighted by molar-refractivity contribution is 0.220. The minimum absolute atomic E-state index is 1.28. The highest BCUT2D eigenvalue weighted by Crippen LogP contribution is 2.17. The molecule has 2 rings (SSSR count). The summed E-state index contributed by atoms with van der Waals surface area (Å²) in [6.45, 7) is 0. The minimum atomic E-state index is -1.36. The Bertz CT molecular complexity index is 385. The van der Waals surface area contributed by atoms with Crippen LogP contribution in [0.25, 0.3) is 11.1 Å². The molecule has 0 fully saturated rings. The predicted octanol–water partition coefficient (Wildman–Crippen LogP) is 4.26. The molecule has 82 valence electrons. The van der Waals surface area contributed by atoms with Crippen molar-refractivity contribution in [1.82, 2.24) is 0 Å². The van der Waals surface area contributed by atoms with E-state index in [2.05, 4.69) is 60.1 Å².